The second-order valence-electron chi connectivity index (χ2n) is 3.07. The quantitative estimate of drug-likeness (QED) is 0.400. The molecule has 1 heteroatoms. The van der Waals surface area contributed by atoms with E-state index in [1.165, 1.54) is 16.0 Å². The van der Waals surface area contributed by atoms with Crippen LogP contribution in [0.2, 0.25) is 0 Å². The fourth-order valence-corrected chi connectivity index (χ4v) is 2.07. The standard InChI is InChI=1S/C12H14S/c1-4-5-8-13-12-7-6-10(2)9-11(12)3/h1,6-7,9H,5,8H2,2-3H3. The zero-order valence-corrected chi connectivity index (χ0v) is 8.95. The van der Waals surface area contributed by atoms with Gasteiger partial charge in [-0.25, -0.2) is 0 Å². The summed E-state index contributed by atoms with van der Waals surface area (Å²) >= 11 is 1.84. The Kier molecular flexibility index (Phi) is 3.92. The second-order valence-corrected chi connectivity index (χ2v) is 4.21. The first-order valence-electron chi connectivity index (χ1n) is 4.37. The third kappa shape index (κ3) is 3.16. The van der Waals surface area contributed by atoms with Crippen molar-refractivity contribution in [1.82, 2.24) is 0 Å². The van der Waals surface area contributed by atoms with Crippen LogP contribution in [0.4, 0.5) is 0 Å². The summed E-state index contributed by atoms with van der Waals surface area (Å²) in [5, 5.41) is 0. The molecule has 0 spiro atoms. The lowest BCUT2D eigenvalue weighted by atomic mass is 10.2. The lowest BCUT2D eigenvalue weighted by Crippen LogP contribution is -1.83. The maximum Gasteiger partial charge on any atom is 0.0180 e. The van der Waals surface area contributed by atoms with Crippen molar-refractivity contribution >= 4 is 11.8 Å². The Hall–Kier alpha value is -0.870. The Morgan fingerprint density at radius 3 is 2.77 bits per heavy atom. The van der Waals surface area contributed by atoms with Crippen LogP contribution in [0.3, 0.4) is 0 Å². The molecule has 68 valence electrons. The molecule has 0 N–H and O–H groups in total. The Morgan fingerprint density at radius 1 is 1.38 bits per heavy atom. The van der Waals surface area contributed by atoms with Gasteiger partial charge < -0.3 is 0 Å². The largest absolute Gasteiger partial charge is 0.125 e. The molecule has 0 aliphatic carbocycles. The van der Waals surface area contributed by atoms with Gasteiger partial charge >= 0.3 is 0 Å². The van der Waals surface area contributed by atoms with E-state index >= 15 is 0 Å². The van der Waals surface area contributed by atoms with Crippen LogP contribution in [0.5, 0.6) is 0 Å². The van der Waals surface area contributed by atoms with Crippen LogP contribution in [0.1, 0.15) is 17.5 Å². The van der Waals surface area contributed by atoms with Gasteiger partial charge in [-0.3, -0.25) is 0 Å². The molecule has 0 nitrogen and oxygen atoms in total. The molecule has 13 heavy (non-hydrogen) atoms. The molecule has 1 aromatic rings. The SMILES string of the molecule is C#CCCSc1ccc(C)cc1C. The minimum atomic E-state index is 0.845. The fourth-order valence-electron chi connectivity index (χ4n) is 1.18. The Balaban J connectivity index is 2.62. The molecule has 1 aromatic carbocycles. The molecule has 0 radical (unpaired) electrons. The molecule has 0 unspecified atom stereocenters. The van der Waals surface area contributed by atoms with Crippen LogP contribution in [-0.4, -0.2) is 5.75 Å². The molecule has 0 amide bonds. The van der Waals surface area contributed by atoms with Crippen LogP contribution in [0, 0.1) is 26.2 Å². The van der Waals surface area contributed by atoms with E-state index < -0.39 is 0 Å². The maximum absolute atomic E-state index is 5.19. The lowest BCUT2D eigenvalue weighted by Gasteiger charge is -2.04. The van der Waals surface area contributed by atoms with E-state index in [9.17, 15) is 0 Å². The minimum Gasteiger partial charge on any atom is -0.125 e. The number of hydrogen-bond acceptors (Lipinski definition) is 1. The minimum absolute atomic E-state index is 0.845. The first-order valence-corrected chi connectivity index (χ1v) is 5.36. The third-order valence-corrected chi connectivity index (χ3v) is 3.01. The number of hydrogen-bond donors (Lipinski definition) is 0. The highest BCUT2D eigenvalue weighted by Gasteiger charge is 1.97. The smallest absolute Gasteiger partial charge is 0.0180 e. The van der Waals surface area contributed by atoms with Gasteiger partial charge in [-0.15, -0.1) is 24.1 Å². The first kappa shape index (κ1) is 10.2. The van der Waals surface area contributed by atoms with E-state index in [-0.39, 0.29) is 0 Å². The van der Waals surface area contributed by atoms with Crippen molar-refractivity contribution in [3.05, 3.63) is 29.3 Å². The van der Waals surface area contributed by atoms with Crippen molar-refractivity contribution in [1.29, 1.82) is 0 Å². The van der Waals surface area contributed by atoms with Crippen molar-refractivity contribution in [2.24, 2.45) is 0 Å². The van der Waals surface area contributed by atoms with Crippen LogP contribution in [0.25, 0.3) is 0 Å². The molecule has 0 saturated heterocycles. The van der Waals surface area contributed by atoms with E-state index in [1.807, 2.05) is 11.8 Å². The summed E-state index contributed by atoms with van der Waals surface area (Å²) in [6.45, 7) is 4.26. The van der Waals surface area contributed by atoms with E-state index in [0.29, 0.717) is 0 Å². The Labute approximate surface area is 84.7 Å². The zero-order chi connectivity index (χ0) is 9.68. The molecule has 0 aliphatic rings. The van der Waals surface area contributed by atoms with Crippen molar-refractivity contribution in [3.8, 4) is 12.3 Å². The fraction of sp³-hybridized carbons (Fsp3) is 0.333. The van der Waals surface area contributed by atoms with Gasteiger partial charge in [-0.1, -0.05) is 17.7 Å². The predicted molar refractivity (Wildman–Crippen MR) is 60.1 cm³/mol. The molecule has 0 atom stereocenters. The van der Waals surface area contributed by atoms with Crippen LogP contribution < -0.4 is 0 Å². The number of aryl methyl sites for hydroxylation is 2. The number of rotatable bonds is 3. The molecule has 0 aliphatic heterocycles. The molecule has 0 heterocycles. The van der Waals surface area contributed by atoms with Gasteiger partial charge in [-0.05, 0) is 25.5 Å². The summed E-state index contributed by atoms with van der Waals surface area (Å²) in [5.74, 6) is 3.66. The van der Waals surface area contributed by atoms with Crippen molar-refractivity contribution in [2.75, 3.05) is 5.75 Å². The molecular formula is C12H14S. The van der Waals surface area contributed by atoms with E-state index in [2.05, 4.69) is 38.0 Å². The highest BCUT2D eigenvalue weighted by Crippen LogP contribution is 2.23. The summed E-state index contributed by atoms with van der Waals surface area (Å²) in [6, 6.07) is 6.52. The Bertz CT molecular complexity index is 320. The highest BCUT2D eigenvalue weighted by molar-refractivity contribution is 7.99. The number of benzene rings is 1. The molecule has 1 rings (SSSR count). The van der Waals surface area contributed by atoms with Gasteiger partial charge in [0.15, 0.2) is 0 Å². The average molecular weight is 190 g/mol. The van der Waals surface area contributed by atoms with Crippen LogP contribution in [-0.2, 0) is 0 Å². The second kappa shape index (κ2) is 4.99. The van der Waals surface area contributed by atoms with Gasteiger partial charge in [-0.2, -0.15) is 0 Å². The van der Waals surface area contributed by atoms with Gasteiger partial charge in [0.1, 0.15) is 0 Å². The number of terminal acetylenes is 1. The predicted octanol–water partition coefficient (Wildman–Crippen LogP) is 3.42. The third-order valence-electron chi connectivity index (χ3n) is 1.83. The summed E-state index contributed by atoms with van der Waals surface area (Å²) in [4.78, 5) is 1.35. The van der Waals surface area contributed by atoms with Crippen molar-refractivity contribution < 1.29 is 0 Å². The summed E-state index contributed by atoms with van der Waals surface area (Å²) in [6.07, 6.45) is 6.04. The normalized spacial score (nSPS) is 9.62. The monoisotopic (exact) mass is 190 g/mol. The molecule has 0 fully saturated rings. The van der Waals surface area contributed by atoms with E-state index in [1.54, 1.807) is 0 Å². The number of thioether (sulfide) groups is 1. The topological polar surface area (TPSA) is 0 Å². The van der Waals surface area contributed by atoms with E-state index in [0.717, 1.165) is 12.2 Å². The van der Waals surface area contributed by atoms with Gasteiger partial charge in [0.05, 0.1) is 0 Å². The first-order chi connectivity index (χ1) is 6.24. The molecule has 0 bridgehead atoms. The van der Waals surface area contributed by atoms with Crippen molar-refractivity contribution in [3.63, 3.8) is 0 Å². The van der Waals surface area contributed by atoms with Crippen LogP contribution in [0.15, 0.2) is 23.1 Å². The summed E-state index contributed by atoms with van der Waals surface area (Å²) < 4.78 is 0. The van der Waals surface area contributed by atoms with Gasteiger partial charge in [0, 0.05) is 17.1 Å². The van der Waals surface area contributed by atoms with E-state index in [4.69, 9.17) is 6.42 Å². The zero-order valence-electron chi connectivity index (χ0n) is 8.13. The Morgan fingerprint density at radius 2 is 2.15 bits per heavy atom. The highest BCUT2D eigenvalue weighted by atomic mass is 32.2. The molecule has 0 saturated carbocycles. The summed E-state index contributed by atoms with van der Waals surface area (Å²) in [5.41, 5.74) is 2.67. The van der Waals surface area contributed by atoms with Crippen molar-refractivity contribution in [2.45, 2.75) is 25.2 Å². The molecule has 0 aromatic heterocycles. The van der Waals surface area contributed by atoms with Gasteiger partial charge in [0.2, 0.25) is 0 Å². The van der Waals surface area contributed by atoms with Gasteiger partial charge in [0.25, 0.3) is 0 Å². The van der Waals surface area contributed by atoms with Crippen LogP contribution >= 0.6 is 11.8 Å². The summed E-state index contributed by atoms with van der Waals surface area (Å²) in [7, 11) is 0. The lowest BCUT2D eigenvalue weighted by molar-refractivity contribution is 1.24. The maximum atomic E-state index is 5.19. The average Bonchev–Trinajstić information content (AvgIpc) is 2.09. The molecular weight excluding hydrogens is 176 g/mol.